The fourth-order valence-corrected chi connectivity index (χ4v) is 4.21. The standard InChI is InChI=1S/C22H22N4S/c1-26(2)19(16-9-5-3-6-10-16)14-23-21-18-13-20(17-11-7-4-8-12-17)27-22(18)25-15-24-21/h3-13,15,19H,14H2,1-2H3,(H,23,24,25)/t19-/m0/s1. The van der Waals surface area contributed by atoms with Crippen molar-refractivity contribution in [2.45, 2.75) is 6.04 Å². The topological polar surface area (TPSA) is 41.0 Å². The smallest absolute Gasteiger partial charge is 0.138 e. The van der Waals surface area contributed by atoms with Gasteiger partial charge in [-0.25, -0.2) is 9.97 Å². The van der Waals surface area contributed by atoms with Crippen molar-refractivity contribution in [3.8, 4) is 10.4 Å². The lowest BCUT2D eigenvalue weighted by Gasteiger charge is -2.25. The van der Waals surface area contributed by atoms with Gasteiger partial charge in [-0.1, -0.05) is 60.7 Å². The molecule has 2 aromatic heterocycles. The molecule has 0 aliphatic carbocycles. The van der Waals surface area contributed by atoms with Crippen molar-refractivity contribution in [3.63, 3.8) is 0 Å². The van der Waals surface area contributed by atoms with Gasteiger partial charge in [0.05, 0.1) is 11.4 Å². The number of fused-ring (bicyclic) bond motifs is 1. The van der Waals surface area contributed by atoms with E-state index < -0.39 is 0 Å². The number of nitrogens with one attached hydrogen (secondary N) is 1. The third kappa shape index (κ3) is 3.84. The van der Waals surface area contributed by atoms with Crippen LogP contribution in [-0.4, -0.2) is 35.5 Å². The van der Waals surface area contributed by atoms with Crippen LogP contribution in [0.2, 0.25) is 0 Å². The minimum atomic E-state index is 0.267. The van der Waals surface area contributed by atoms with Gasteiger partial charge in [-0.3, -0.25) is 0 Å². The maximum Gasteiger partial charge on any atom is 0.138 e. The van der Waals surface area contributed by atoms with Gasteiger partial charge in [-0.15, -0.1) is 11.3 Å². The molecule has 1 atom stereocenters. The summed E-state index contributed by atoms with van der Waals surface area (Å²) in [4.78, 5) is 13.4. The number of thiophene rings is 1. The highest BCUT2D eigenvalue weighted by Crippen LogP contribution is 2.35. The molecule has 4 rings (SSSR count). The minimum Gasteiger partial charge on any atom is -0.368 e. The van der Waals surface area contributed by atoms with Crippen molar-refractivity contribution in [3.05, 3.63) is 78.6 Å². The van der Waals surface area contributed by atoms with Gasteiger partial charge in [0.15, 0.2) is 0 Å². The Labute approximate surface area is 163 Å². The Kier molecular flexibility index (Phi) is 5.14. The van der Waals surface area contributed by atoms with E-state index in [1.807, 2.05) is 12.1 Å². The largest absolute Gasteiger partial charge is 0.368 e. The van der Waals surface area contributed by atoms with Crippen LogP contribution in [0.1, 0.15) is 11.6 Å². The molecule has 1 N–H and O–H groups in total. The highest BCUT2D eigenvalue weighted by Gasteiger charge is 2.15. The Morgan fingerprint density at radius 2 is 1.67 bits per heavy atom. The number of benzene rings is 2. The maximum absolute atomic E-state index is 4.50. The Morgan fingerprint density at radius 1 is 0.963 bits per heavy atom. The zero-order valence-electron chi connectivity index (χ0n) is 15.5. The first-order chi connectivity index (χ1) is 13.2. The summed E-state index contributed by atoms with van der Waals surface area (Å²) in [6.45, 7) is 0.777. The van der Waals surface area contributed by atoms with Crippen molar-refractivity contribution in [1.82, 2.24) is 14.9 Å². The van der Waals surface area contributed by atoms with E-state index in [4.69, 9.17) is 0 Å². The summed E-state index contributed by atoms with van der Waals surface area (Å²) in [6, 6.07) is 23.4. The van der Waals surface area contributed by atoms with Gasteiger partial charge in [-0.2, -0.15) is 0 Å². The summed E-state index contributed by atoms with van der Waals surface area (Å²) in [6.07, 6.45) is 1.64. The van der Waals surface area contributed by atoms with Gasteiger partial charge >= 0.3 is 0 Å². The van der Waals surface area contributed by atoms with Crippen LogP contribution in [0.25, 0.3) is 20.7 Å². The van der Waals surface area contributed by atoms with Crippen molar-refractivity contribution >= 4 is 27.4 Å². The summed E-state index contributed by atoms with van der Waals surface area (Å²) in [5, 5.41) is 4.62. The lowest BCUT2D eigenvalue weighted by Crippen LogP contribution is -2.27. The zero-order chi connectivity index (χ0) is 18.6. The number of hydrogen-bond donors (Lipinski definition) is 1. The first-order valence-electron chi connectivity index (χ1n) is 8.97. The Hall–Kier alpha value is -2.76. The van der Waals surface area contributed by atoms with E-state index in [-0.39, 0.29) is 6.04 Å². The molecular formula is C22H22N4S. The van der Waals surface area contributed by atoms with Crippen LogP contribution in [0.4, 0.5) is 5.82 Å². The van der Waals surface area contributed by atoms with Gasteiger partial charge in [0.2, 0.25) is 0 Å². The predicted molar refractivity (Wildman–Crippen MR) is 114 cm³/mol. The summed E-state index contributed by atoms with van der Waals surface area (Å²) in [5.41, 5.74) is 2.50. The van der Waals surface area contributed by atoms with Gasteiger partial charge < -0.3 is 10.2 Å². The number of likely N-dealkylation sites (N-methyl/N-ethyl adjacent to an activating group) is 1. The second-order valence-corrected chi connectivity index (χ2v) is 7.72. The molecule has 5 heteroatoms. The van der Waals surface area contributed by atoms with E-state index in [9.17, 15) is 0 Å². The highest BCUT2D eigenvalue weighted by atomic mass is 32.1. The summed E-state index contributed by atoms with van der Waals surface area (Å²) in [5.74, 6) is 0.890. The fourth-order valence-electron chi connectivity index (χ4n) is 3.21. The lowest BCUT2D eigenvalue weighted by atomic mass is 10.1. The molecule has 0 aliphatic heterocycles. The van der Waals surface area contributed by atoms with Crippen molar-refractivity contribution in [1.29, 1.82) is 0 Å². The Balaban J connectivity index is 1.61. The van der Waals surface area contributed by atoms with Crippen LogP contribution >= 0.6 is 11.3 Å². The van der Waals surface area contributed by atoms with Gasteiger partial charge in [0.25, 0.3) is 0 Å². The number of hydrogen-bond acceptors (Lipinski definition) is 5. The normalized spacial score (nSPS) is 12.4. The molecule has 0 amide bonds. The van der Waals surface area contributed by atoms with Gasteiger partial charge in [0, 0.05) is 11.4 Å². The van der Waals surface area contributed by atoms with E-state index in [0.29, 0.717) is 0 Å². The van der Waals surface area contributed by atoms with E-state index in [1.165, 1.54) is 16.0 Å². The summed E-state index contributed by atoms with van der Waals surface area (Å²) >= 11 is 1.70. The Bertz CT molecular complexity index is 1010. The highest BCUT2D eigenvalue weighted by molar-refractivity contribution is 7.21. The second-order valence-electron chi connectivity index (χ2n) is 6.69. The zero-order valence-corrected chi connectivity index (χ0v) is 16.3. The SMILES string of the molecule is CN(C)[C@@H](CNc1ncnc2sc(-c3ccccc3)cc12)c1ccccc1. The second kappa shape index (κ2) is 7.86. The summed E-state index contributed by atoms with van der Waals surface area (Å²) in [7, 11) is 4.21. The van der Waals surface area contributed by atoms with Crippen LogP contribution in [0.5, 0.6) is 0 Å². The van der Waals surface area contributed by atoms with Crippen LogP contribution < -0.4 is 5.32 Å². The average Bonchev–Trinajstić information content (AvgIpc) is 3.14. The fraction of sp³-hybridized carbons (Fsp3) is 0.182. The molecule has 4 nitrogen and oxygen atoms in total. The van der Waals surface area contributed by atoms with Crippen molar-refractivity contribution in [2.75, 3.05) is 26.0 Å². The van der Waals surface area contributed by atoms with Crippen LogP contribution in [-0.2, 0) is 0 Å². The Morgan fingerprint density at radius 3 is 2.37 bits per heavy atom. The van der Waals surface area contributed by atoms with Crippen molar-refractivity contribution < 1.29 is 0 Å². The monoisotopic (exact) mass is 374 g/mol. The predicted octanol–water partition coefficient (Wildman–Crippen LogP) is 5.07. The van der Waals surface area contributed by atoms with Gasteiger partial charge in [0.1, 0.15) is 17.0 Å². The minimum absolute atomic E-state index is 0.267. The van der Waals surface area contributed by atoms with Crippen molar-refractivity contribution in [2.24, 2.45) is 0 Å². The quantitative estimate of drug-likeness (QED) is 0.511. The van der Waals surface area contributed by atoms with Crippen LogP contribution in [0, 0.1) is 0 Å². The molecular weight excluding hydrogens is 352 g/mol. The maximum atomic E-state index is 4.50. The van der Waals surface area contributed by atoms with Crippen LogP contribution in [0.3, 0.4) is 0 Å². The molecule has 0 saturated carbocycles. The molecule has 0 saturated heterocycles. The first kappa shape index (κ1) is 17.6. The van der Waals surface area contributed by atoms with E-state index >= 15 is 0 Å². The molecule has 0 radical (unpaired) electrons. The van der Waals surface area contributed by atoms with E-state index in [0.717, 1.165) is 22.6 Å². The number of aromatic nitrogens is 2. The van der Waals surface area contributed by atoms with Crippen LogP contribution in [0.15, 0.2) is 73.1 Å². The third-order valence-electron chi connectivity index (χ3n) is 4.66. The number of anilines is 1. The molecule has 0 aliphatic rings. The molecule has 0 bridgehead atoms. The first-order valence-corrected chi connectivity index (χ1v) is 9.79. The molecule has 136 valence electrons. The molecule has 2 heterocycles. The number of nitrogens with zero attached hydrogens (tertiary/aromatic N) is 3. The molecule has 0 unspecified atom stereocenters. The third-order valence-corrected chi connectivity index (χ3v) is 5.75. The summed E-state index contributed by atoms with van der Waals surface area (Å²) < 4.78 is 0. The molecule has 4 aromatic rings. The number of rotatable bonds is 6. The molecule has 0 fully saturated rings. The molecule has 27 heavy (non-hydrogen) atoms. The van der Waals surface area contributed by atoms with Gasteiger partial charge in [-0.05, 0) is 31.3 Å². The van der Waals surface area contributed by atoms with E-state index in [2.05, 4.69) is 88.9 Å². The molecule has 2 aromatic carbocycles. The lowest BCUT2D eigenvalue weighted by molar-refractivity contribution is 0.311. The van der Waals surface area contributed by atoms with E-state index in [1.54, 1.807) is 17.7 Å². The average molecular weight is 375 g/mol. The molecule has 0 spiro atoms.